The first-order valence-electron chi connectivity index (χ1n) is 6.63. The number of phenols is 2. The van der Waals surface area contributed by atoms with Gasteiger partial charge in [0.15, 0.2) is 22.8 Å². The Morgan fingerprint density at radius 1 is 0.913 bits per heavy atom. The Balaban J connectivity index is 2.59. The first kappa shape index (κ1) is 14.8. The molecule has 7 heteroatoms. The molecule has 0 aliphatic rings. The first-order valence-corrected chi connectivity index (χ1v) is 6.63. The molecule has 0 saturated carbocycles. The Hall–Kier alpha value is -3.09. The Kier molecular flexibility index (Phi) is 3.40. The van der Waals surface area contributed by atoms with Crippen molar-refractivity contribution in [3.63, 3.8) is 0 Å². The molecule has 1 heterocycles. The van der Waals surface area contributed by atoms with Gasteiger partial charge in [0, 0.05) is 6.07 Å². The predicted octanol–water partition coefficient (Wildman–Crippen LogP) is 2.38. The summed E-state index contributed by atoms with van der Waals surface area (Å²) in [5.41, 5.74) is -0.229. The number of aromatic hydroxyl groups is 2. The largest absolute Gasteiger partial charge is 0.504 e. The van der Waals surface area contributed by atoms with Crippen molar-refractivity contribution in [2.24, 2.45) is 0 Å². The van der Waals surface area contributed by atoms with Crippen LogP contribution in [0, 0.1) is 0 Å². The lowest BCUT2D eigenvalue weighted by molar-refractivity contribution is 0.335. The summed E-state index contributed by atoms with van der Waals surface area (Å²) in [4.78, 5) is 12.8. The number of benzene rings is 2. The van der Waals surface area contributed by atoms with Gasteiger partial charge < -0.3 is 28.8 Å². The van der Waals surface area contributed by atoms with Crippen LogP contribution in [0.15, 0.2) is 27.4 Å². The van der Waals surface area contributed by atoms with Gasteiger partial charge in [0.1, 0.15) is 11.0 Å². The predicted molar refractivity (Wildman–Crippen MR) is 83.0 cm³/mol. The van der Waals surface area contributed by atoms with E-state index in [9.17, 15) is 15.0 Å². The molecule has 0 amide bonds. The molecule has 0 atom stereocenters. The summed E-state index contributed by atoms with van der Waals surface area (Å²) in [6.45, 7) is 0. The normalized spacial score (nSPS) is 10.9. The minimum Gasteiger partial charge on any atom is -0.504 e. The van der Waals surface area contributed by atoms with Gasteiger partial charge in [-0.1, -0.05) is 0 Å². The van der Waals surface area contributed by atoms with Crippen molar-refractivity contribution in [1.82, 2.24) is 0 Å². The molecule has 0 saturated heterocycles. The maximum atomic E-state index is 12.8. The van der Waals surface area contributed by atoms with E-state index in [0.29, 0.717) is 0 Å². The van der Waals surface area contributed by atoms with Crippen molar-refractivity contribution in [3.8, 4) is 28.7 Å². The summed E-state index contributed by atoms with van der Waals surface area (Å²) in [6, 6.07) is 4.02. The van der Waals surface area contributed by atoms with Crippen molar-refractivity contribution >= 4 is 21.9 Å². The minimum absolute atomic E-state index is 0.0378. The molecule has 0 radical (unpaired) electrons. The zero-order valence-corrected chi connectivity index (χ0v) is 12.7. The van der Waals surface area contributed by atoms with Crippen LogP contribution in [0.5, 0.6) is 28.7 Å². The lowest BCUT2D eigenvalue weighted by atomic mass is 10.1. The maximum absolute atomic E-state index is 12.8. The van der Waals surface area contributed by atoms with E-state index >= 15 is 0 Å². The van der Waals surface area contributed by atoms with Crippen LogP contribution in [-0.2, 0) is 0 Å². The van der Waals surface area contributed by atoms with E-state index in [-0.39, 0.29) is 50.7 Å². The third-order valence-corrected chi connectivity index (χ3v) is 3.57. The fourth-order valence-electron chi connectivity index (χ4n) is 2.57. The van der Waals surface area contributed by atoms with Crippen molar-refractivity contribution in [1.29, 1.82) is 0 Å². The van der Waals surface area contributed by atoms with Crippen LogP contribution in [0.2, 0.25) is 0 Å². The molecule has 0 fully saturated rings. The van der Waals surface area contributed by atoms with Gasteiger partial charge in [-0.3, -0.25) is 4.79 Å². The lowest BCUT2D eigenvalue weighted by Gasteiger charge is -2.13. The molecule has 23 heavy (non-hydrogen) atoms. The van der Waals surface area contributed by atoms with E-state index in [1.807, 2.05) is 0 Å². The smallest absolute Gasteiger partial charge is 0.204 e. The highest BCUT2D eigenvalue weighted by Gasteiger charge is 2.22. The highest BCUT2D eigenvalue weighted by Crippen LogP contribution is 2.43. The van der Waals surface area contributed by atoms with Gasteiger partial charge in [-0.25, -0.2) is 0 Å². The van der Waals surface area contributed by atoms with Crippen LogP contribution < -0.4 is 19.6 Å². The third kappa shape index (κ3) is 2.01. The number of hydrogen-bond donors (Lipinski definition) is 2. The monoisotopic (exact) mass is 318 g/mol. The van der Waals surface area contributed by atoms with E-state index < -0.39 is 5.43 Å². The summed E-state index contributed by atoms with van der Waals surface area (Å²) in [5, 5.41) is 20.2. The number of fused-ring (bicyclic) bond motifs is 2. The van der Waals surface area contributed by atoms with Gasteiger partial charge in [0.05, 0.1) is 26.7 Å². The van der Waals surface area contributed by atoms with Crippen LogP contribution in [0.4, 0.5) is 0 Å². The van der Waals surface area contributed by atoms with Crippen LogP contribution in [-0.4, -0.2) is 31.5 Å². The molecule has 0 unspecified atom stereocenters. The number of methoxy groups -OCH3 is 3. The van der Waals surface area contributed by atoms with E-state index in [4.69, 9.17) is 18.6 Å². The second-order valence-corrected chi connectivity index (χ2v) is 4.76. The molecule has 0 aliphatic heterocycles. The molecular weight excluding hydrogens is 304 g/mol. The highest BCUT2D eigenvalue weighted by molar-refractivity contribution is 5.98. The standard InChI is InChI=1S/C16H14O7/c1-20-14-8(17)5-4-7-12(19)11-10(23-13(7)14)6-9(18)15(21-2)16(11)22-3/h4-6,17-18H,1-3H3. The molecule has 2 aromatic carbocycles. The molecule has 2 N–H and O–H groups in total. The number of rotatable bonds is 3. The molecule has 0 spiro atoms. The topological polar surface area (TPSA) is 98.4 Å². The Morgan fingerprint density at radius 2 is 1.57 bits per heavy atom. The second-order valence-electron chi connectivity index (χ2n) is 4.76. The summed E-state index contributed by atoms with van der Waals surface area (Å²) >= 11 is 0. The number of hydrogen-bond acceptors (Lipinski definition) is 7. The van der Waals surface area contributed by atoms with Crippen LogP contribution >= 0.6 is 0 Å². The zero-order chi connectivity index (χ0) is 16.7. The summed E-state index contributed by atoms with van der Waals surface area (Å²) < 4.78 is 21.1. The van der Waals surface area contributed by atoms with E-state index in [1.54, 1.807) is 0 Å². The molecule has 0 aliphatic carbocycles. The first-order chi connectivity index (χ1) is 11.0. The molecule has 3 aromatic rings. The maximum Gasteiger partial charge on any atom is 0.204 e. The van der Waals surface area contributed by atoms with E-state index in [1.165, 1.54) is 39.5 Å². The fraction of sp³-hybridized carbons (Fsp3) is 0.188. The van der Waals surface area contributed by atoms with E-state index in [0.717, 1.165) is 0 Å². The minimum atomic E-state index is -0.394. The van der Waals surface area contributed by atoms with Gasteiger partial charge in [0.25, 0.3) is 0 Å². The average Bonchev–Trinajstić information content (AvgIpc) is 2.53. The molecule has 7 nitrogen and oxygen atoms in total. The van der Waals surface area contributed by atoms with Crippen molar-refractivity contribution < 1.29 is 28.8 Å². The average molecular weight is 318 g/mol. The van der Waals surface area contributed by atoms with Crippen molar-refractivity contribution in [3.05, 3.63) is 28.4 Å². The summed E-state index contributed by atoms with van der Waals surface area (Å²) in [5.74, 6) is -0.246. The lowest BCUT2D eigenvalue weighted by Crippen LogP contribution is -2.06. The van der Waals surface area contributed by atoms with Crippen LogP contribution in [0.1, 0.15) is 0 Å². The molecular formula is C16H14O7. The number of ether oxygens (including phenoxy) is 3. The van der Waals surface area contributed by atoms with Crippen LogP contribution in [0.3, 0.4) is 0 Å². The highest BCUT2D eigenvalue weighted by atomic mass is 16.5. The van der Waals surface area contributed by atoms with Crippen molar-refractivity contribution in [2.45, 2.75) is 0 Å². The third-order valence-electron chi connectivity index (χ3n) is 3.57. The van der Waals surface area contributed by atoms with Gasteiger partial charge in [0.2, 0.25) is 16.9 Å². The zero-order valence-electron chi connectivity index (χ0n) is 12.7. The summed E-state index contributed by atoms with van der Waals surface area (Å²) in [7, 11) is 4.07. The Morgan fingerprint density at radius 3 is 2.17 bits per heavy atom. The molecule has 0 bridgehead atoms. The molecule has 3 rings (SSSR count). The van der Waals surface area contributed by atoms with Gasteiger partial charge >= 0.3 is 0 Å². The van der Waals surface area contributed by atoms with Gasteiger partial charge in [-0.15, -0.1) is 0 Å². The van der Waals surface area contributed by atoms with Gasteiger partial charge in [-0.2, -0.15) is 0 Å². The van der Waals surface area contributed by atoms with Gasteiger partial charge in [-0.05, 0) is 12.1 Å². The SMILES string of the molecule is COc1c(O)cc2oc3c(OC)c(O)ccc3c(=O)c2c1OC. The molecule has 1 aromatic heterocycles. The second kappa shape index (κ2) is 5.28. The Bertz CT molecular complexity index is 972. The van der Waals surface area contributed by atoms with E-state index in [2.05, 4.69) is 0 Å². The number of phenolic OH excluding ortho intramolecular Hbond substituents is 2. The Labute approximate surface area is 130 Å². The quantitative estimate of drug-likeness (QED) is 0.715. The summed E-state index contributed by atoms with van der Waals surface area (Å²) in [6.07, 6.45) is 0. The molecule has 120 valence electrons. The van der Waals surface area contributed by atoms with Crippen LogP contribution in [0.25, 0.3) is 21.9 Å². The van der Waals surface area contributed by atoms with Crippen molar-refractivity contribution in [2.75, 3.05) is 21.3 Å². The fourth-order valence-corrected chi connectivity index (χ4v) is 2.57.